The third-order valence-electron chi connectivity index (χ3n) is 6.01. The fourth-order valence-corrected chi connectivity index (χ4v) is 4.34. The minimum absolute atomic E-state index is 0.212. The van der Waals surface area contributed by atoms with Gasteiger partial charge in [0.1, 0.15) is 5.82 Å². The fourth-order valence-electron chi connectivity index (χ4n) is 4.34. The van der Waals surface area contributed by atoms with Crippen LogP contribution in [0.5, 0.6) is 5.75 Å². The van der Waals surface area contributed by atoms with Gasteiger partial charge in [0.05, 0.1) is 0 Å². The molecule has 0 N–H and O–H groups in total. The van der Waals surface area contributed by atoms with Gasteiger partial charge in [-0.05, 0) is 66.2 Å². The van der Waals surface area contributed by atoms with Gasteiger partial charge in [0.2, 0.25) is 0 Å². The number of benzene rings is 3. The first-order valence-corrected chi connectivity index (χ1v) is 10.1. The highest BCUT2D eigenvalue weighted by Gasteiger charge is 2.21. The number of rotatable bonds is 5. The molecule has 0 radical (unpaired) electrons. The van der Waals surface area contributed by atoms with Gasteiger partial charge in [-0.3, -0.25) is 0 Å². The van der Waals surface area contributed by atoms with Crippen LogP contribution in [0.2, 0.25) is 0 Å². The molecule has 3 aromatic carbocycles. The molecule has 0 bridgehead atoms. The molecular formula is C25H22F4O. The first kappa shape index (κ1) is 20.5. The van der Waals surface area contributed by atoms with Gasteiger partial charge in [0.15, 0.2) is 11.6 Å². The molecule has 1 aliphatic carbocycles. The van der Waals surface area contributed by atoms with E-state index in [0.717, 1.165) is 43.2 Å². The van der Waals surface area contributed by atoms with Gasteiger partial charge < -0.3 is 4.74 Å². The highest BCUT2D eigenvalue weighted by molar-refractivity contribution is 5.89. The maximum absolute atomic E-state index is 15.2. The molecule has 1 nitrogen and oxygen atoms in total. The Balaban J connectivity index is 1.63. The Morgan fingerprint density at radius 2 is 1.70 bits per heavy atom. The topological polar surface area (TPSA) is 9.23 Å². The van der Waals surface area contributed by atoms with Crippen molar-refractivity contribution in [2.75, 3.05) is 0 Å². The molecule has 0 amide bonds. The molecule has 0 heterocycles. The van der Waals surface area contributed by atoms with Crippen LogP contribution in [-0.4, -0.2) is 6.61 Å². The minimum atomic E-state index is -3.12. The Morgan fingerprint density at radius 1 is 0.933 bits per heavy atom. The predicted molar refractivity (Wildman–Crippen MR) is 111 cm³/mol. The summed E-state index contributed by atoms with van der Waals surface area (Å²) < 4.78 is 58.0. The van der Waals surface area contributed by atoms with Crippen molar-refractivity contribution >= 4 is 10.8 Å². The largest absolute Gasteiger partial charge is 0.432 e. The van der Waals surface area contributed by atoms with Crippen molar-refractivity contribution in [3.63, 3.8) is 0 Å². The minimum Gasteiger partial charge on any atom is -0.432 e. The van der Waals surface area contributed by atoms with E-state index < -0.39 is 24.0 Å². The van der Waals surface area contributed by atoms with E-state index in [1.807, 2.05) is 24.3 Å². The third-order valence-corrected chi connectivity index (χ3v) is 6.01. The van der Waals surface area contributed by atoms with Crippen LogP contribution in [0.3, 0.4) is 0 Å². The summed E-state index contributed by atoms with van der Waals surface area (Å²) in [6, 6.07) is 12.6. The highest BCUT2D eigenvalue weighted by Crippen LogP contribution is 2.38. The number of fused-ring (bicyclic) bond motifs is 1. The van der Waals surface area contributed by atoms with Crippen molar-refractivity contribution in [2.45, 2.75) is 38.2 Å². The van der Waals surface area contributed by atoms with E-state index in [9.17, 15) is 13.2 Å². The number of hydrogen-bond donors (Lipinski definition) is 0. The van der Waals surface area contributed by atoms with Crippen LogP contribution in [0.25, 0.3) is 21.9 Å². The first-order chi connectivity index (χ1) is 14.5. The van der Waals surface area contributed by atoms with Crippen LogP contribution in [0, 0.1) is 17.6 Å². The summed E-state index contributed by atoms with van der Waals surface area (Å²) in [5, 5.41) is 1.24. The van der Waals surface area contributed by atoms with Gasteiger partial charge >= 0.3 is 6.61 Å². The summed E-state index contributed by atoms with van der Waals surface area (Å²) in [5.74, 6) is -0.940. The second-order valence-corrected chi connectivity index (χ2v) is 7.78. The molecule has 0 aliphatic heterocycles. The molecule has 0 saturated heterocycles. The van der Waals surface area contributed by atoms with E-state index in [2.05, 4.69) is 11.3 Å². The van der Waals surface area contributed by atoms with Crippen LogP contribution in [0.15, 0.2) is 61.2 Å². The average molecular weight is 414 g/mol. The molecule has 156 valence electrons. The maximum Gasteiger partial charge on any atom is 0.387 e. The zero-order valence-corrected chi connectivity index (χ0v) is 16.4. The average Bonchev–Trinajstić information content (AvgIpc) is 2.75. The Hall–Kier alpha value is -2.82. The quantitative estimate of drug-likeness (QED) is 0.305. The summed E-state index contributed by atoms with van der Waals surface area (Å²) in [7, 11) is 0. The molecule has 0 aromatic heterocycles. The van der Waals surface area contributed by atoms with Crippen LogP contribution >= 0.6 is 0 Å². The summed E-state index contributed by atoms with van der Waals surface area (Å²) in [6.45, 7) is 0.762. The van der Waals surface area contributed by atoms with E-state index in [0.29, 0.717) is 17.2 Å². The molecule has 5 heteroatoms. The van der Waals surface area contributed by atoms with Crippen LogP contribution < -0.4 is 4.74 Å². The van der Waals surface area contributed by atoms with Crippen molar-refractivity contribution in [3.05, 3.63) is 78.4 Å². The number of ether oxygens (including phenoxy) is 1. The first-order valence-electron chi connectivity index (χ1n) is 10.1. The molecule has 0 atom stereocenters. The second-order valence-electron chi connectivity index (χ2n) is 7.78. The Kier molecular flexibility index (Phi) is 5.80. The van der Waals surface area contributed by atoms with E-state index in [4.69, 9.17) is 0 Å². The van der Waals surface area contributed by atoms with E-state index in [-0.39, 0.29) is 11.1 Å². The standard InChI is InChI=1S/C25H22F4O/c1-2-15-3-5-16(6-4-15)17-7-10-20-18(13-17)8-11-21(24(20)27)19-9-12-23(22(26)14-19)30-25(28)29/h2,7-16,25H,1,3-6H2/t15-,16-. The molecule has 0 unspecified atom stereocenters. The molecule has 3 aromatic rings. The van der Waals surface area contributed by atoms with Crippen molar-refractivity contribution in [1.82, 2.24) is 0 Å². The second kappa shape index (κ2) is 8.50. The Labute approximate surface area is 173 Å². The van der Waals surface area contributed by atoms with Crippen molar-refractivity contribution in [3.8, 4) is 16.9 Å². The monoisotopic (exact) mass is 414 g/mol. The van der Waals surface area contributed by atoms with Crippen molar-refractivity contribution in [1.29, 1.82) is 0 Å². The Bertz CT molecular complexity index is 1070. The van der Waals surface area contributed by atoms with E-state index in [1.165, 1.54) is 11.6 Å². The lowest BCUT2D eigenvalue weighted by Gasteiger charge is -2.27. The molecule has 1 saturated carbocycles. The molecule has 4 rings (SSSR count). The lowest BCUT2D eigenvalue weighted by molar-refractivity contribution is -0.0521. The molecular weight excluding hydrogens is 392 g/mol. The zero-order chi connectivity index (χ0) is 21.3. The molecule has 1 fully saturated rings. The van der Waals surface area contributed by atoms with Gasteiger partial charge in [-0.2, -0.15) is 8.78 Å². The van der Waals surface area contributed by atoms with Gasteiger partial charge in [-0.1, -0.05) is 42.5 Å². The number of alkyl halides is 2. The van der Waals surface area contributed by atoms with Crippen molar-refractivity contribution in [2.24, 2.45) is 5.92 Å². The van der Waals surface area contributed by atoms with Gasteiger partial charge in [0.25, 0.3) is 0 Å². The van der Waals surface area contributed by atoms with Crippen LogP contribution in [0.4, 0.5) is 17.6 Å². The molecule has 0 spiro atoms. The summed E-state index contributed by atoms with van der Waals surface area (Å²) >= 11 is 0. The summed E-state index contributed by atoms with van der Waals surface area (Å²) in [4.78, 5) is 0. The van der Waals surface area contributed by atoms with Crippen LogP contribution in [-0.2, 0) is 0 Å². The fraction of sp³-hybridized carbons (Fsp3) is 0.280. The Morgan fingerprint density at radius 3 is 2.37 bits per heavy atom. The number of halogens is 4. The SMILES string of the molecule is C=C[C@H]1CC[C@H](c2ccc3c(F)c(-c4ccc(OC(F)F)c(F)c4)ccc3c2)CC1. The lowest BCUT2D eigenvalue weighted by atomic mass is 9.78. The van der Waals surface area contributed by atoms with Crippen molar-refractivity contribution < 1.29 is 22.3 Å². The molecule has 1 aliphatic rings. The number of allylic oxidation sites excluding steroid dienone is 1. The smallest absolute Gasteiger partial charge is 0.387 e. The third kappa shape index (κ3) is 4.07. The summed E-state index contributed by atoms with van der Waals surface area (Å²) in [6.07, 6.45) is 6.46. The zero-order valence-electron chi connectivity index (χ0n) is 16.4. The predicted octanol–water partition coefficient (Wildman–Crippen LogP) is 7.85. The lowest BCUT2D eigenvalue weighted by Crippen LogP contribution is -2.11. The van der Waals surface area contributed by atoms with Crippen LogP contribution in [0.1, 0.15) is 37.2 Å². The van der Waals surface area contributed by atoms with Gasteiger partial charge in [-0.15, -0.1) is 6.58 Å². The number of hydrogen-bond acceptors (Lipinski definition) is 1. The summed E-state index contributed by atoms with van der Waals surface area (Å²) in [5.41, 5.74) is 1.68. The normalized spacial score (nSPS) is 19.2. The van der Waals surface area contributed by atoms with Gasteiger partial charge in [-0.25, -0.2) is 8.78 Å². The highest BCUT2D eigenvalue weighted by atomic mass is 19.3. The van der Waals surface area contributed by atoms with E-state index >= 15 is 4.39 Å². The maximum atomic E-state index is 15.2. The van der Waals surface area contributed by atoms with Gasteiger partial charge in [0, 0.05) is 10.9 Å². The molecule has 30 heavy (non-hydrogen) atoms. The van der Waals surface area contributed by atoms with E-state index in [1.54, 1.807) is 12.1 Å².